The molecule has 2 N–H and O–H groups in total. The van der Waals surface area contributed by atoms with Crippen LogP contribution in [-0.4, -0.2) is 29.3 Å². The highest BCUT2D eigenvalue weighted by Gasteiger charge is 2.49. The maximum Gasteiger partial charge on any atom is 0.325 e. The van der Waals surface area contributed by atoms with Gasteiger partial charge in [0.2, 0.25) is 5.91 Å². The lowest BCUT2D eigenvalue weighted by atomic mass is 9.92. The molecular formula is C17H16BrN3O3S. The molecule has 1 aromatic heterocycles. The van der Waals surface area contributed by atoms with E-state index in [0.717, 1.165) is 14.2 Å². The van der Waals surface area contributed by atoms with Crippen molar-refractivity contribution in [2.75, 3.05) is 6.54 Å². The summed E-state index contributed by atoms with van der Waals surface area (Å²) in [5.74, 6) is -0.822. The Morgan fingerprint density at radius 1 is 1.32 bits per heavy atom. The summed E-state index contributed by atoms with van der Waals surface area (Å²) in [5, 5.41) is 7.33. The Morgan fingerprint density at radius 3 is 2.80 bits per heavy atom. The van der Waals surface area contributed by atoms with E-state index in [-0.39, 0.29) is 12.5 Å². The van der Waals surface area contributed by atoms with Crippen molar-refractivity contribution in [1.29, 1.82) is 0 Å². The van der Waals surface area contributed by atoms with E-state index in [2.05, 4.69) is 26.6 Å². The van der Waals surface area contributed by atoms with Crippen molar-refractivity contribution in [2.24, 2.45) is 0 Å². The van der Waals surface area contributed by atoms with Crippen LogP contribution in [-0.2, 0) is 21.7 Å². The second kappa shape index (κ2) is 6.97. The summed E-state index contributed by atoms with van der Waals surface area (Å²) in [4.78, 5) is 39.1. The monoisotopic (exact) mass is 421 g/mol. The largest absolute Gasteiger partial charge is 0.350 e. The second-order valence-electron chi connectivity index (χ2n) is 5.81. The first-order valence-electron chi connectivity index (χ1n) is 7.59. The molecule has 0 unspecified atom stereocenters. The van der Waals surface area contributed by atoms with Crippen LogP contribution in [0.4, 0.5) is 4.79 Å². The molecular weight excluding hydrogens is 406 g/mol. The SMILES string of the molecule is C[C@@]1(c2cccc(Br)c2)NC(=O)N(CC(=O)NCc2cccs2)C1=O. The highest BCUT2D eigenvalue weighted by atomic mass is 79.9. The van der Waals surface area contributed by atoms with Gasteiger partial charge in [-0.05, 0) is 36.1 Å². The third-order valence-corrected chi connectivity index (χ3v) is 5.39. The zero-order chi connectivity index (χ0) is 18.0. The van der Waals surface area contributed by atoms with Gasteiger partial charge in [0, 0.05) is 9.35 Å². The lowest BCUT2D eigenvalue weighted by Crippen LogP contribution is -2.43. The van der Waals surface area contributed by atoms with Crippen molar-refractivity contribution < 1.29 is 14.4 Å². The van der Waals surface area contributed by atoms with Crippen LogP contribution >= 0.6 is 27.3 Å². The molecule has 0 radical (unpaired) electrons. The summed E-state index contributed by atoms with van der Waals surface area (Å²) in [6.45, 7) is 1.71. The summed E-state index contributed by atoms with van der Waals surface area (Å²) in [5.41, 5.74) is -0.531. The van der Waals surface area contributed by atoms with Gasteiger partial charge >= 0.3 is 6.03 Å². The van der Waals surface area contributed by atoms with E-state index in [1.165, 1.54) is 11.3 Å². The van der Waals surface area contributed by atoms with E-state index in [4.69, 9.17) is 0 Å². The molecule has 1 aliphatic heterocycles. The topological polar surface area (TPSA) is 78.5 Å². The summed E-state index contributed by atoms with van der Waals surface area (Å²) in [6, 6.07) is 10.4. The number of nitrogens with one attached hydrogen (secondary N) is 2. The van der Waals surface area contributed by atoms with Crippen LogP contribution in [0.15, 0.2) is 46.3 Å². The van der Waals surface area contributed by atoms with E-state index in [1.807, 2.05) is 23.6 Å². The number of urea groups is 1. The fourth-order valence-electron chi connectivity index (χ4n) is 2.63. The molecule has 4 amide bonds. The van der Waals surface area contributed by atoms with Gasteiger partial charge in [-0.3, -0.25) is 14.5 Å². The molecule has 1 fully saturated rings. The normalized spacial score (nSPS) is 19.8. The van der Waals surface area contributed by atoms with Crippen molar-refractivity contribution in [3.05, 3.63) is 56.7 Å². The van der Waals surface area contributed by atoms with Crippen LogP contribution in [0.1, 0.15) is 17.4 Å². The minimum Gasteiger partial charge on any atom is -0.350 e. The number of benzene rings is 1. The first-order chi connectivity index (χ1) is 11.9. The highest BCUT2D eigenvalue weighted by Crippen LogP contribution is 2.30. The van der Waals surface area contributed by atoms with Crippen LogP contribution in [0.5, 0.6) is 0 Å². The average molecular weight is 422 g/mol. The zero-order valence-corrected chi connectivity index (χ0v) is 15.8. The predicted molar refractivity (Wildman–Crippen MR) is 97.9 cm³/mol. The zero-order valence-electron chi connectivity index (χ0n) is 13.4. The van der Waals surface area contributed by atoms with Gasteiger partial charge in [-0.1, -0.05) is 34.1 Å². The van der Waals surface area contributed by atoms with Gasteiger partial charge in [0.05, 0.1) is 6.54 Å². The van der Waals surface area contributed by atoms with Crippen molar-refractivity contribution in [3.8, 4) is 0 Å². The molecule has 0 spiro atoms. The van der Waals surface area contributed by atoms with Crippen LogP contribution in [0.2, 0.25) is 0 Å². The van der Waals surface area contributed by atoms with Gasteiger partial charge in [-0.25, -0.2) is 4.79 Å². The van der Waals surface area contributed by atoms with Crippen LogP contribution < -0.4 is 10.6 Å². The minimum atomic E-state index is -1.19. The number of amides is 4. The summed E-state index contributed by atoms with van der Waals surface area (Å²) < 4.78 is 0.806. The Morgan fingerprint density at radius 2 is 2.12 bits per heavy atom. The molecule has 0 bridgehead atoms. The number of hydrogen-bond donors (Lipinski definition) is 2. The molecule has 1 atom stereocenters. The number of nitrogens with zero attached hydrogens (tertiary/aromatic N) is 1. The molecule has 1 aromatic carbocycles. The van der Waals surface area contributed by atoms with Gasteiger partial charge in [0.15, 0.2) is 0 Å². The summed E-state index contributed by atoms with van der Waals surface area (Å²) >= 11 is 4.89. The Labute approximate surface area is 157 Å². The molecule has 8 heteroatoms. The number of carbonyl (C=O) groups is 3. The van der Waals surface area contributed by atoms with Gasteiger partial charge in [-0.15, -0.1) is 11.3 Å². The number of imide groups is 1. The molecule has 25 heavy (non-hydrogen) atoms. The molecule has 0 saturated carbocycles. The summed E-state index contributed by atoms with van der Waals surface area (Å²) in [6.07, 6.45) is 0. The van der Waals surface area contributed by atoms with Crippen molar-refractivity contribution in [3.63, 3.8) is 0 Å². The summed E-state index contributed by atoms with van der Waals surface area (Å²) in [7, 11) is 0. The predicted octanol–water partition coefficient (Wildman–Crippen LogP) is 2.59. The van der Waals surface area contributed by atoms with E-state index in [1.54, 1.807) is 25.1 Å². The van der Waals surface area contributed by atoms with Crippen LogP contribution in [0, 0.1) is 0 Å². The molecule has 6 nitrogen and oxygen atoms in total. The molecule has 130 valence electrons. The number of hydrogen-bond acceptors (Lipinski definition) is 4. The maximum absolute atomic E-state index is 12.8. The Balaban J connectivity index is 1.69. The smallest absolute Gasteiger partial charge is 0.325 e. The Bertz CT molecular complexity index is 824. The average Bonchev–Trinajstić information content (AvgIpc) is 3.16. The first kappa shape index (κ1) is 17.6. The second-order valence-corrected chi connectivity index (χ2v) is 7.76. The molecule has 1 aliphatic rings. The van der Waals surface area contributed by atoms with Crippen molar-refractivity contribution in [2.45, 2.75) is 19.0 Å². The highest BCUT2D eigenvalue weighted by molar-refractivity contribution is 9.10. The van der Waals surface area contributed by atoms with Gasteiger partial charge in [0.1, 0.15) is 12.1 Å². The minimum absolute atomic E-state index is 0.306. The van der Waals surface area contributed by atoms with E-state index in [0.29, 0.717) is 12.1 Å². The molecule has 2 heterocycles. The Kier molecular flexibility index (Phi) is 4.91. The van der Waals surface area contributed by atoms with Crippen LogP contribution in [0.25, 0.3) is 0 Å². The van der Waals surface area contributed by atoms with E-state index in [9.17, 15) is 14.4 Å². The standard InChI is InChI=1S/C17H16BrN3O3S/c1-17(11-4-2-5-12(18)8-11)15(23)21(16(24)20-17)10-14(22)19-9-13-6-3-7-25-13/h2-8H,9-10H2,1H3,(H,19,22)(H,20,24)/t17-/m0/s1. The first-order valence-corrected chi connectivity index (χ1v) is 9.26. The third kappa shape index (κ3) is 3.59. The quantitative estimate of drug-likeness (QED) is 0.728. The number of rotatable bonds is 5. The van der Waals surface area contributed by atoms with Crippen LogP contribution in [0.3, 0.4) is 0 Å². The van der Waals surface area contributed by atoms with Crippen molar-refractivity contribution in [1.82, 2.24) is 15.5 Å². The fraction of sp³-hybridized carbons (Fsp3) is 0.235. The van der Waals surface area contributed by atoms with Gasteiger partial charge < -0.3 is 10.6 Å². The Hall–Kier alpha value is -2.19. The molecule has 0 aliphatic carbocycles. The lowest BCUT2D eigenvalue weighted by molar-refractivity contribution is -0.134. The number of carbonyl (C=O) groups excluding carboxylic acids is 3. The fourth-order valence-corrected chi connectivity index (χ4v) is 3.68. The van der Waals surface area contributed by atoms with Crippen molar-refractivity contribution >= 4 is 45.1 Å². The van der Waals surface area contributed by atoms with Gasteiger partial charge in [0.25, 0.3) is 5.91 Å². The third-order valence-electron chi connectivity index (χ3n) is 4.02. The maximum atomic E-state index is 12.8. The number of halogens is 1. The van der Waals surface area contributed by atoms with Gasteiger partial charge in [-0.2, -0.15) is 0 Å². The lowest BCUT2D eigenvalue weighted by Gasteiger charge is -2.22. The molecule has 3 rings (SSSR count). The molecule has 1 saturated heterocycles. The van der Waals surface area contributed by atoms with E-state index < -0.39 is 17.5 Å². The van der Waals surface area contributed by atoms with E-state index >= 15 is 0 Å². The molecule has 2 aromatic rings. The number of thiophene rings is 1.